The molecule has 0 bridgehead atoms. The number of thiol groups is 1. The van der Waals surface area contributed by atoms with E-state index in [-0.39, 0.29) is 31.1 Å². The molecular formula is C5H9NO3SZn. The van der Waals surface area contributed by atoms with Crippen LogP contribution in [0, 0.1) is 0 Å². The number of carboxylic acids is 1. The maximum absolute atomic E-state index is 10.3. The first-order valence-corrected chi connectivity index (χ1v) is 3.32. The van der Waals surface area contributed by atoms with Gasteiger partial charge in [0.05, 0.1) is 0 Å². The number of hydrogen-bond donors (Lipinski definition) is 3. The van der Waals surface area contributed by atoms with Crippen LogP contribution >= 0.6 is 12.6 Å². The molecule has 2 N–H and O–H groups in total. The monoisotopic (exact) mass is 227 g/mol. The molecular weight excluding hydrogens is 220 g/mol. The van der Waals surface area contributed by atoms with Gasteiger partial charge in [0.2, 0.25) is 5.91 Å². The van der Waals surface area contributed by atoms with Crippen molar-refractivity contribution in [2.45, 2.75) is 13.0 Å². The van der Waals surface area contributed by atoms with Crippen LogP contribution in [-0.2, 0) is 29.1 Å². The molecule has 6 heteroatoms. The molecule has 0 fully saturated rings. The molecule has 0 rings (SSSR count). The zero-order valence-corrected chi connectivity index (χ0v) is 10.1. The summed E-state index contributed by atoms with van der Waals surface area (Å²) >= 11 is 3.73. The number of carbonyl (C=O) groups is 2. The molecule has 0 spiro atoms. The molecule has 0 aromatic heterocycles. The average Bonchev–Trinajstić information content (AvgIpc) is 1.81. The van der Waals surface area contributed by atoms with E-state index in [2.05, 4.69) is 17.9 Å². The van der Waals surface area contributed by atoms with Crippen molar-refractivity contribution in [3.8, 4) is 0 Å². The van der Waals surface area contributed by atoms with Gasteiger partial charge in [0.1, 0.15) is 6.04 Å². The summed E-state index contributed by atoms with van der Waals surface area (Å²) in [6.45, 7) is 1.26. The normalized spacial score (nSPS) is 11.1. The Balaban J connectivity index is 0. The van der Waals surface area contributed by atoms with E-state index in [9.17, 15) is 9.59 Å². The number of aliphatic carboxylic acids is 1. The standard InChI is InChI=1S/C5H9NO3S.Zn/c1-3(7)6-4(2-10)5(8)9;/h4,10H,2H2,1H3,(H,6,7)(H,8,9);/t4-;/m0./s1. The number of carbonyl (C=O) groups excluding carboxylic acids is 1. The first-order valence-electron chi connectivity index (χ1n) is 2.68. The average molecular weight is 229 g/mol. The van der Waals surface area contributed by atoms with Gasteiger partial charge in [0.25, 0.3) is 0 Å². The van der Waals surface area contributed by atoms with E-state index in [1.807, 2.05) is 0 Å². The SMILES string of the molecule is CC(=O)N[C@@H](CS)C(=O)O.[Zn]. The molecule has 0 saturated heterocycles. The topological polar surface area (TPSA) is 66.4 Å². The zero-order chi connectivity index (χ0) is 8.15. The molecule has 0 aromatic carbocycles. The summed E-state index contributed by atoms with van der Waals surface area (Å²) in [6.07, 6.45) is 0. The van der Waals surface area contributed by atoms with Crippen LogP contribution in [0.4, 0.5) is 0 Å². The Morgan fingerprint density at radius 3 is 2.18 bits per heavy atom. The van der Waals surface area contributed by atoms with Crippen molar-refractivity contribution in [3.63, 3.8) is 0 Å². The molecule has 11 heavy (non-hydrogen) atoms. The molecule has 0 aromatic rings. The van der Waals surface area contributed by atoms with Gasteiger partial charge in [-0.15, -0.1) is 0 Å². The third kappa shape index (κ3) is 6.32. The largest absolute Gasteiger partial charge is 0.480 e. The van der Waals surface area contributed by atoms with Gasteiger partial charge in [-0.2, -0.15) is 12.6 Å². The number of carboxylic acid groups (broad SMARTS) is 1. The molecule has 0 saturated carbocycles. The molecule has 0 aliphatic carbocycles. The van der Waals surface area contributed by atoms with E-state index < -0.39 is 12.0 Å². The Kier molecular flexibility index (Phi) is 8.12. The smallest absolute Gasteiger partial charge is 0.327 e. The Morgan fingerprint density at radius 2 is 2.09 bits per heavy atom. The molecule has 0 radical (unpaired) electrons. The summed E-state index contributed by atoms with van der Waals surface area (Å²) in [4.78, 5) is 20.5. The van der Waals surface area contributed by atoms with E-state index in [4.69, 9.17) is 5.11 Å². The molecule has 0 aliphatic heterocycles. The van der Waals surface area contributed by atoms with Crippen molar-refractivity contribution < 1.29 is 34.2 Å². The van der Waals surface area contributed by atoms with Crippen molar-refractivity contribution >= 4 is 24.5 Å². The minimum atomic E-state index is -1.06. The molecule has 60 valence electrons. The van der Waals surface area contributed by atoms with Crippen molar-refractivity contribution in [2.24, 2.45) is 0 Å². The summed E-state index contributed by atoms with van der Waals surface area (Å²) in [5, 5.41) is 10.6. The fraction of sp³-hybridized carbons (Fsp3) is 0.600. The second kappa shape index (κ2) is 6.61. The maximum Gasteiger partial charge on any atom is 0.327 e. The van der Waals surface area contributed by atoms with Crippen molar-refractivity contribution in [2.75, 3.05) is 5.75 Å². The fourth-order valence-corrected chi connectivity index (χ4v) is 0.678. The number of rotatable bonds is 3. The Morgan fingerprint density at radius 1 is 1.64 bits per heavy atom. The van der Waals surface area contributed by atoms with Gasteiger partial charge in [0.15, 0.2) is 0 Å². The minimum absolute atomic E-state index is 0. The second-order valence-electron chi connectivity index (χ2n) is 1.77. The van der Waals surface area contributed by atoms with E-state index >= 15 is 0 Å². The van der Waals surface area contributed by atoms with Crippen molar-refractivity contribution in [1.82, 2.24) is 5.32 Å². The number of nitrogens with one attached hydrogen (secondary N) is 1. The van der Waals surface area contributed by atoms with Gasteiger partial charge in [-0.25, -0.2) is 4.79 Å². The molecule has 4 nitrogen and oxygen atoms in total. The summed E-state index contributed by atoms with van der Waals surface area (Å²) in [5.74, 6) is -1.32. The van der Waals surface area contributed by atoms with Crippen molar-refractivity contribution in [1.29, 1.82) is 0 Å². The van der Waals surface area contributed by atoms with Crippen LogP contribution in [0.3, 0.4) is 0 Å². The van der Waals surface area contributed by atoms with Crippen LogP contribution in [-0.4, -0.2) is 28.8 Å². The van der Waals surface area contributed by atoms with Crippen LogP contribution in [0.2, 0.25) is 0 Å². The fourth-order valence-electron chi connectivity index (χ4n) is 0.431. The quantitative estimate of drug-likeness (QED) is 0.451. The van der Waals surface area contributed by atoms with Gasteiger partial charge in [-0.3, -0.25) is 4.79 Å². The van der Waals surface area contributed by atoms with Crippen molar-refractivity contribution in [3.05, 3.63) is 0 Å². The van der Waals surface area contributed by atoms with Gasteiger partial charge < -0.3 is 10.4 Å². The molecule has 1 atom stereocenters. The van der Waals surface area contributed by atoms with E-state index in [1.54, 1.807) is 0 Å². The van der Waals surface area contributed by atoms with Gasteiger partial charge >= 0.3 is 5.97 Å². The van der Waals surface area contributed by atoms with Crippen LogP contribution < -0.4 is 5.32 Å². The molecule has 1 amide bonds. The predicted molar refractivity (Wildman–Crippen MR) is 39.1 cm³/mol. The van der Waals surface area contributed by atoms with Crippen LogP contribution in [0.5, 0.6) is 0 Å². The summed E-state index contributed by atoms with van der Waals surface area (Å²) in [7, 11) is 0. The summed E-state index contributed by atoms with van der Waals surface area (Å²) in [5.41, 5.74) is 0. The third-order valence-electron chi connectivity index (χ3n) is 0.858. The first-order chi connectivity index (χ1) is 4.57. The Labute approximate surface area is 82.9 Å². The Bertz CT molecular complexity index is 153. The molecule has 0 heterocycles. The second-order valence-corrected chi connectivity index (χ2v) is 2.14. The molecule has 0 unspecified atom stereocenters. The van der Waals surface area contributed by atoms with E-state index in [1.165, 1.54) is 6.92 Å². The third-order valence-corrected chi connectivity index (χ3v) is 1.22. The van der Waals surface area contributed by atoms with Gasteiger partial charge in [0, 0.05) is 32.2 Å². The van der Waals surface area contributed by atoms with Crippen LogP contribution in [0.15, 0.2) is 0 Å². The molecule has 0 aliphatic rings. The minimum Gasteiger partial charge on any atom is -0.480 e. The van der Waals surface area contributed by atoms with Crippen LogP contribution in [0.25, 0.3) is 0 Å². The van der Waals surface area contributed by atoms with E-state index in [0.29, 0.717) is 0 Å². The number of amides is 1. The predicted octanol–water partition coefficient (Wildman–Crippen LogP) is -0.497. The maximum atomic E-state index is 10.3. The summed E-state index contributed by atoms with van der Waals surface area (Å²) in [6, 6.07) is -0.874. The van der Waals surface area contributed by atoms with Crippen LogP contribution in [0.1, 0.15) is 6.92 Å². The van der Waals surface area contributed by atoms with Gasteiger partial charge in [-0.1, -0.05) is 0 Å². The Hall–Kier alpha value is -0.0866. The van der Waals surface area contributed by atoms with Gasteiger partial charge in [-0.05, 0) is 0 Å². The summed E-state index contributed by atoms with van der Waals surface area (Å²) < 4.78 is 0. The number of hydrogen-bond acceptors (Lipinski definition) is 3. The zero-order valence-electron chi connectivity index (χ0n) is 6.20. The van der Waals surface area contributed by atoms with E-state index in [0.717, 1.165) is 0 Å². The first kappa shape index (κ1) is 13.5.